The Labute approximate surface area is 181 Å². The third-order valence-corrected chi connectivity index (χ3v) is 4.37. The van der Waals surface area contributed by atoms with Crippen LogP contribution >= 0.6 is 12.2 Å². The van der Waals surface area contributed by atoms with Gasteiger partial charge in [-0.1, -0.05) is 12.2 Å². The van der Waals surface area contributed by atoms with Crippen LogP contribution in [0.3, 0.4) is 0 Å². The normalized spacial score (nSPS) is 25.8. The second-order valence-corrected chi connectivity index (χ2v) is 7.70. The average Bonchev–Trinajstić information content (AvgIpc) is 2.56. The van der Waals surface area contributed by atoms with E-state index in [9.17, 15) is 19.2 Å². The van der Waals surface area contributed by atoms with Gasteiger partial charge >= 0.3 is 23.9 Å². The van der Waals surface area contributed by atoms with Gasteiger partial charge in [0.2, 0.25) is 0 Å². The summed E-state index contributed by atoms with van der Waals surface area (Å²) >= 11 is 5.34. The fraction of sp³-hybridized carbons (Fsp3) is 0.737. The molecule has 0 N–H and O–H groups in total. The Morgan fingerprint density at radius 2 is 1.30 bits per heavy atom. The SMILES string of the molecule is CC(=O)OC[C@H]1O[C@@H](N(C(C)=S)C(C)C)[C@H](OC(C)=O)[C@@H](OC(C)=O)[C@@H]1OC(C)=O. The lowest BCUT2D eigenvalue weighted by atomic mass is 9.96. The van der Waals surface area contributed by atoms with Crippen LogP contribution in [0.1, 0.15) is 48.5 Å². The van der Waals surface area contributed by atoms with E-state index < -0.39 is 54.5 Å². The molecule has 1 heterocycles. The lowest BCUT2D eigenvalue weighted by molar-refractivity contribution is -0.273. The van der Waals surface area contributed by atoms with Crippen LogP contribution in [0.4, 0.5) is 0 Å². The number of nitrogens with zero attached hydrogens (tertiary/aromatic N) is 1. The first-order valence-electron chi connectivity index (χ1n) is 9.44. The standard InChI is InChI=1S/C19H29NO9S/c1-9(2)20(10(3)30)19-18(28-14(7)24)17(27-13(6)23)16(26-12(5)22)15(29-19)8-25-11(4)21/h9,15-19H,8H2,1-7H3/t15-,16-,17+,18-,19-/m1/s1. The highest BCUT2D eigenvalue weighted by molar-refractivity contribution is 7.80. The maximum absolute atomic E-state index is 11.8. The number of carbonyl (C=O) groups excluding carboxylic acids is 4. The molecule has 11 heteroatoms. The summed E-state index contributed by atoms with van der Waals surface area (Å²) in [5.74, 6) is -2.59. The van der Waals surface area contributed by atoms with Crippen molar-refractivity contribution in [3.63, 3.8) is 0 Å². The van der Waals surface area contributed by atoms with Crippen molar-refractivity contribution in [2.45, 2.75) is 85.2 Å². The van der Waals surface area contributed by atoms with Gasteiger partial charge in [0.15, 0.2) is 24.5 Å². The lowest BCUT2D eigenvalue weighted by Crippen LogP contribution is -2.67. The highest BCUT2D eigenvalue weighted by Gasteiger charge is 2.54. The molecule has 170 valence electrons. The number of carbonyl (C=O) groups is 4. The molecular formula is C19H29NO9S. The summed E-state index contributed by atoms with van der Waals surface area (Å²) in [6, 6.07) is -0.178. The Balaban J connectivity index is 3.52. The molecule has 5 atom stereocenters. The summed E-state index contributed by atoms with van der Waals surface area (Å²) in [6.07, 6.45) is -5.56. The number of hydrogen-bond acceptors (Lipinski definition) is 10. The first kappa shape index (κ1) is 25.8. The van der Waals surface area contributed by atoms with Gasteiger partial charge in [-0.15, -0.1) is 0 Å². The highest BCUT2D eigenvalue weighted by atomic mass is 32.1. The van der Waals surface area contributed by atoms with E-state index in [4.69, 9.17) is 35.9 Å². The molecule has 0 spiro atoms. The molecule has 1 aliphatic rings. The van der Waals surface area contributed by atoms with Gasteiger partial charge in [-0.25, -0.2) is 0 Å². The van der Waals surface area contributed by atoms with E-state index in [0.29, 0.717) is 4.99 Å². The number of hydrogen-bond donors (Lipinski definition) is 0. The van der Waals surface area contributed by atoms with Crippen LogP contribution in [-0.2, 0) is 42.9 Å². The minimum atomic E-state index is -1.22. The van der Waals surface area contributed by atoms with E-state index in [2.05, 4.69) is 0 Å². The maximum Gasteiger partial charge on any atom is 0.303 e. The van der Waals surface area contributed by atoms with Crippen LogP contribution in [0.2, 0.25) is 0 Å². The van der Waals surface area contributed by atoms with E-state index in [1.54, 1.807) is 11.8 Å². The zero-order chi connectivity index (χ0) is 23.2. The number of thiocarbonyl (C=S) groups is 1. The molecule has 1 aliphatic heterocycles. The fourth-order valence-electron chi connectivity index (χ4n) is 3.27. The van der Waals surface area contributed by atoms with Gasteiger partial charge < -0.3 is 28.6 Å². The Kier molecular flexibility index (Phi) is 9.63. The van der Waals surface area contributed by atoms with Crippen molar-refractivity contribution >= 4 is 41.1 Å². The second-order valence-electron chi connectivity index (χ2n) is 7.11. The predicted octanol–water partition coefficient (Wildman–Crippen LogP) is 1.13. The van der Waals surface area contributed by atoms with E-state index in [-0.39, 0.29) is 12.6 Å². The second kappa shape index (κ2) is 11.2. The third-order valence-electron chi connectivity index (χ3n) is 4.16. The molecule has 1 rings (SSSR count). The molecule has 10 nitrogen and oxygen atoms in total. The Bertz CT molecular complexity index is 681. The van der Waals surface area contributed by atoms with E-state index in [0.717, 1.165) is 0 Å². The third kappa shape index (κ3) is 7.21. The van der Waals surface area contributed by atoms with Crippen LogP contribution in [0.5, 0.6) is 0 Å². The first-order chi connectivity index (χ1) is 13.8. The Morgan fingerprint density at radius 1 is 0.833 bits per heavy atom. The first-order valence-corrected chi connectivity index (χ1v) is 9.85. The van der Waals surface area contributed by atoms with Gasteiger partial charge in [0.25, 0.3) is 0 Å². The van der Waals surface area contributed by atoms with Gasteiger partial charge in [0, 0.05) is 33.7 Å². The van der Waals surface area contributed by atoms with Crippen molar-refractivity contribution in [1.82, 2.24) is 4.90 Å². The average molecular weight is 448 g/mol. The molecule has 0 aromatic heterocycles. The topological polar surface area (TPSA) is 118 Å². The number of rotatable bonds is 7. The largest absolute Gasteiger partial charge is 0.463 e. The van der Waals surface area contributed by atoms with Crippen molar-refractivity contribution in [3.8, 4) is 0 Å². The smallest absolute Gasteiger partial charge is 0.303 e. The summed E-state index contributed by atoms with van der Waals surface area (Å²) in [7, 11) is 0. The molecule has 1 saturated heterocycles. The molecule has 0 amide bonds. The fourth-order valence-corrected chi connectivity index (χ4v) is 3.58. The highest BCUT2D eigenvalue weighted by Crippen LogP contribution is 2.32. The summed E-state index contributed by atoms with van der Waals surface area (Å²) in [4.78, 5) is 48.8. The number of ether oxygens (including phenoxy) is 5. The van der Waals surface area contributed by atoms with Gasteiger partial charge in [0.05, 0.1) is 4.99 Å². The van der Waals surface area contributed by atoms with Crippen molar-refractivity contribution < 1.29 is 42.9 Å². The van der Waals surface area contributed by atoms with Gasteiger partial charge in [-0.2, -0.15) is 0 Å². The molecule has 0 aromatic rings. The van der Waals surface area contributed by atoms with Crippen molar-refractivity contribution in [1.29, 1.82) is 0 Å². The minimum absolute atomic E-state index is 0.178. The number of esters is 4. The molecule has 0 unspecified atom stereocenters. The minimum Gasteiger partial charge on any atom is -0.463 e. The predicted molar refractivity (Wildman–Crippen MR) is 107 cm³/mol. The summed E-state index contributed by atoms with van der Waals surface area (Å²) in [6.45, 7) is 9.84. The summed E-state index contributed by atoms with van der Waals surface area (Å²) in [5.41, 5.74) is 0. The molecule has 0 aliphatic carbocycles. The van der Waals surface area contributed by atoms with Crippen LogP contribution < -0.4 is 0 Å². The molecule has 0 bridgehead atoms. The molecule has 30 heavy (non-hydrogen) atoms. The van der Waals surface area contributed by atoms with Crippen molar-refractivity contribution in [3.05, 3.63) is 0 Å². The maximum atomic E-state index is 11.8. The summed E-state index contributed by atoms with van der Waals surface area (Å²) in [5, 5.41) is 0. The van der Waals surface area contributed by atoms with Crippen LogP contribution in [0, 0.1) is 0 Å². The molecule has 1 fully saturated rings. The van der Waals surface area contributed by atoms with Crippen LogP contribution in [0.25, 0.3) is 0 Å². The van der Waals surface area contributed by atoms with Crippen LogP contribution in [-0.4, -0.2) is 77.1 Å². The van der Waals surface area contributed by atoms with Gasteiger partial charge in [-0.05, 0) is 20.8 Å². The quantitative estimate of drug-likeness (QED) is 0.317. The van der Waals surface area contributed by atoms with E-state index in [1.165, 1.54) is 27.7 Å². The molecular weight excluding hydrogens is 418 g/mol. The zero-order valence-corrected chi connectivity index (χ0v) is 19.0. The van der Waals surface area contributed by atoms with Gasteiger partial charge in [-0.3, -0.25) is 19.2 Å². The Morgan fingerprint density at radius 3 is 1.70 bits per heavy atom. The van der Waals surface area contributed by atoms with Crippen molar-refractivity contribution in [2.24, 2.45) is 0 Å². The van der Waals surface area contributed by atoms with Crippen LogP contribution in [0.15, 0.2) is 0 Å². The monoisotopic (exact) mass is 447 g/mol. The van der Waals surface area contributed by atoms with Crippen molar-refractivity contribution in [2.75, 3.05) is 6.61 Å². The zero-order valence-electron chi connectivity index (χ0n) is 18.2. The Hall–Kier alpha value is -2.27. The van der Waals surface area contributed by atoms with E-state index >= 15 is 0 Å². The lowest BCUT2D eigenvalue weighted by Gasteiger charge is -2.49. The molecule has 0 radical (unpaired) electrons. The summed E-state index contributed by atoms with van der Waals surface area (Å²) < 4.78 is 27.3. The molecule has 0 aromatic carbocycles. The molecule has 0 saturated carbocycles. The van der Waals surface area contributed by atoms with Gasteiger partial charge in [0.1, 0.15) is 12.7 Å². The van der Waals surface area contributed by atoms with E-state index in [1.807, 2.05) is 13.8 Å².